The minimum absolute atomic E-state index is 0.594. The Balaban J connectivity index is 2.18. The summed E-state index contributed by atoms with van der Waals surface area (Å²) in [6.07, 6.45) is 0.798. The highest BCUT2D eigenvalue weighted by molar-refractivity contribution is 9.10. The topological polar surface area (TPSA) is 20.3 Å². The molecule has 0 aliphatic rings. The third kappa shape index (κ3) is 3.13. The zero-order valence-corrected chi connectivity index (χ0v) is 12.8. The fourth-order valence-corrected chi connectivity index (χ4v) is 3.50. The summed E-state index contributed by atoms with van der Waals surface area (Å²) in [7, 11) is 1.98. The summed E-state index contributed by atoms with van der Waals surface area (Å²) >= 11 is 11.3. The first kappa shape index (κ1) is 13.6. The Morgan fingerprint density at radius 3 is 2.78 bits per heavy atom. The monoisotopic (exact) mass is 343 g/mol. The fraction of sp³-hybridized carbons (Fsp3) is 0.154. The number of thiophene rings is 1. The van der Waals surface area contributed by atoms with Gasteiger partial charge in [-0.05, 0) is 40.2 Å². The molecular weight excluding hydrogens is 334 g/mol. The van der Waals surface area contributed by atoms with Crippen LogP contribution < -0.4 is 4.90 Å². The molecule has 1 aromatic carbocycles. The third-order valence-electron chi connectivity index (χ3n) is 2.53. The van der Waals surface area contributed by atoms with Gasteiger partial charge in [-0.25, -0.2) is 0 Å². The molecule has 0 fully saturated rings. The van der Waals surface area contributed by atoms with Crippen LogP contribution in [-0.2, 0) is 6.54 Å². The summed E-state index contributed by atoms with van der Waals surface area (Å²) in [6.45, 7) is 0.788. The van der Waals surface area contributed by atoms with E-state index in [0.29, 0.717) is 10.6 Å². The zero-order valence-electron chi connectivity index (χ0n) is 9.69. The van der Waals surface area contributed by atoms with Crippen LogP contribution in [0.15, 0.2) is 34.1 Å². The van der Waals surface area contributed by atoms with Crippen molar-refractivity contribution in [3.05, 3.63) is 49.6 Å². The number of rotatable bonds is 4. The van der Waals surface area contributed by atoms with Gasteiger partial charge in [0.1, 0.15) is 6.29 Å². The Morgan fingerprint density at radius 2 is 2.22 bits per heavy atom. The quantitative estimate of drug-likeness (QED) is 0.755. The van der Waals surface area contributed by atoms with Gasteiger partial charge in [0, 0.05) is 27.3 Å². The number of aldehydes is 1. The number of benzene rings is 1. The van der Waals surface area contributed by atoms with E-state index in [1.54, 1.807) is 23.5 Å². The van der Waals surface area contributed by atoms with Crippen molar-refractivity contribution in [2.45, 2.75) is 6.54 Å². The second-order valence-electron chi connectivity index (χ2n) is 3.92. The molecule has 18 heavy (non-hydrogen) atoms. The van der Waals surface area contributed by atoms with E-state index in [-0.39, 0.29) is 0 Å². The van der Waals surface area contributed by atoms with Gasteiger partial charge in [-0.1, -0.05) is 11.6 Å². The predicted octanol–water partition coefficient (Wildman–Crippen LogP) is 4.61. The van der Waals surface area contributed by atoms with E-state index < -0.39 is 0 Å². The van der Waals surface area contributed by atoms with Gasteiger partial charge in [-0.15, -0.1) is 11.3 Å². The zero-order chi connectivity index (χ0) is 13.1. The van der Waals surface area contributed by atoms with Crippen molar-refractivity contribution in [1.82, 2.24) is 0 Å². The Bertz CT molecular complexity index is 570. The van der Waals surface area contributed by atoms with Crippen molar-refractivity contribution < 1.29 is 4.79 Å². The van der Waals surface area contributed by atoms with Crippen LogP contribution in [0.2, 0.25) is 5.02 Å². The minimum Gasteiger partial charge on any atom is -0.368 e. The van der Waals surface area contributed by atoms with E-state index in [2.05, 4.69) is 32.3 Å². The number of carbonyl (C=O) groups excluding carboxylic acids is 1. The Labute approximate surface area is 123 Å². The lowest BCUT2D eigenvalue weighted by Crippen LogP contribution is -2.16. The molecule has 94 valence electrons. The number of carbonyl (C=O) groups is 1. The summed E-state index contributed by atoms with van der Waals surface area (Å²) < 4.78 is 1.10. The molecule has 0 spiro atoms. The number of hydrogen-bond donors (Lipinski definition) is 0. The van der Waals surface area contributed by atoms with Crippen LogP contribution in [0.1, 0.15) is 15.2 Å². The summed E-state index contributed by atoms with van der Waals surface area (Å²) in [5.41, 5.74) is 1.52. The van der Waals surface area contributed by atoms with Crippen LogP contribution in [0.4, 0.5) is 5.69 Å². The van der Waals surface area contributed by atoms with E-state index in [1.165, 1.54) is 4.88 Å². The number of hydrogen-bond acceptors (Lipinski definition) is 3. The molecule has 0 unspecified atom stereocenters. The highest BCUT2D eigenvalue weighted by Gasteiger charge is 2.08. The number of halogens is 2. The van der Waals surface area contributed by atoms with E-state index in [4.69, 9.17) is 11.6 Å². The normalized spacial score (nSPS) is 10.4. The van der Waals surface area contributed by atoms with Gasteiger partial charge in [-0.2, -0.15) is 0 Å². The summed E-state index contributed by atoms with van der Waals surface area (Å²) in [6, 6.07) is 7.42. The maximum Gasteiger partial charge on any atom is 0.150 e. The highest BCUT2D eigenvalue weighted by atomic mass is 79.9. The molecule has 0 saturated carbocycles. The van der Waals surface area contributed by atoms with Crippen molar-refractivity contribution in [1.29, 1.82) is 0 Å². The van der Waals surface area contributed by atoms with Gasteiger partial charge in [-0.3, -0.25) is 4.79 Å². The van der Waals surface area contributed by atoms with Crippen LogP contribution >= 0.6 is 38.9 Å². The molecule has 5 heteroatoms. The Hall–Kier alpha value is -0.840. The van der Waals surface area contributed by atoms with E-state index in [9.17, 15) is 4.79 Å². The maximum absolute atomic E-state index is 10.7. The van der Waals surface area contributed by atoms with Crippen LogP contribution in [0.25, 0.3) is 0 Å². The van der Waals surface area contributed by atoms with E-state index >= 15 is 0 Å². The lowest BCUT2D eigenvalue weighted by Gasteiger charge is -2.19. The first-order chi connectivity index (χ1) is 8.60. The third-order valence-corrected chi connectivity index (χ3v) is 4.52. The number of nitrogens with zero attached hydrogens (tertiary/aromatic N) is 1. The van der Waals surface area contributed by atoms with Gasteiger partial charge in [0.15, 0.2) is 0 Å². The summed E-state index contributed by atoms with van der Waals surface area (Å²) in [5.74, 6) is 0. The molecule has 2 rings (SSSR count). The Kier molecular flexibility index (Phi) is 4.43. The molecule has 0 aliphatic carbocycles. The van der Waals surface area contributed by atoms with Crippen molar-refractivity contribution >= 4 is 50.8 Å². The average Bonchev–Trinajstić information content (AvgIpc) is 2.74. The lowest BCUT2D eigenvalue weighted by atomic mass is 10.2. The van der Waals surface area contributed by atoms with Crippen molar-refractivity contribution in [2.24, 2.45) is 0 Å². The molecule has 0 amide bonds. The maximum atomic E-state index is 10.7. The molecule has 1 heterocycles. The van der Waals surface area contributed by atoms with Crippen LogP contribution in [0.5, 0.6) is 0 Å². The molecule has 0 saturated heterocycles. The van der Waals surface area contributed by atoms with Crippen molar-refractivity contribution in [3.8, 4) is 0 Å². The smallest absolute Gasteiger partial charge is 0.150 e. The summed E-state index contributed by atoms with van der Waals surface area (Å²) in [4.78, 5) is 14.0. The van der Waals surface area contributed by atoms with Gasteiger partial charge < -0.3 is 4.90 Å². The van der Waals surface area contributed by atoms with Gasteiger partial charge >= 0.3 is 0 Å². The second kappa shape index (κ2) is 5.87. The largest absolute Gasteiger partial charge is 0.368 e. The van der Waals surface area contributed by atoms with Crippen LogP contribution in [-0.4, -0.2) is 13.3 Å². The molecule has 0 bridgehead atoms. The lowest BCUT2D eigenvalue weighted by molar-refractivity contribution is 0.112. The highest BCUT2D eigenvalue weighted by Crippen LogP contribution is 2.28. The molecule has 0 N–H and O–H groups in total. The van der Waals surface area contributed by atoms with Gasteiger partial charge in [0.2, 0.25) is 0 Å². The van der Waals surface area contributed by atoms with Crippen LogP contribution in [0, 0.1) is 0 Å². The van der Waals surface area contributed by atoms with Gasteiger partial charge in [0.05, 0.1) is 17.3 Å². The van der Waals surface area contributed by atoms with Crippen molar-refractivity contribution in [3.63, 3.8) is 0 Å². The SMILES string of the molecule is CN(Cc1cc(Br)cs1)c1ccc(C=O)cc1Cl. The fourth-order valence-electron chi connectivity index (χ4n) is 1.66. The van der Waals surface area contributed by atoms with E-state index in [1.807, 2.05) is 13.1 Å². The molecule has 0 aliphatic heterocycles. The summed E-state index contributed by atoms with van der Waals surface area (Å²) in [5, 5.41) is 2.65. The number of anilines is 1. The first-order valence-electron chi connectivity index (χ1n) is 5.29. The molecule has 1 aromatic heterocycles. The first-order valence-corrected chi connectivity index (χ1v) is 7.34. The Morgan fingerprint density at radius 1 is 1.44 bits per heavy atom. The van der Waals surface area contributed by atoms with E-state index in [0.717, 1.165) is 23.0 Å². The molecule has 2 aromatic rings. The molecular formula is C13H11BrClNOS. The molecule has 2 nitrogen and oxygen atoms in total. The minimum atomic E-state index is 0.594. The van der Waals surface area contributed by atoms with Gasteiger partial charge in [0.25, 0.3) is 0 Å². The average molecular weight is 345 g/mol. The second-order valence-corrected chi connectivity index (χ2v) is 6.23. The molecule has 0 atom stereocenters. The van der Waals surface area contributed by atoms with Crippen molar-refractivity contribution in [2.75, 3.05) is 11.9 Å². The standard InChI is InChI=1S/C13H11BrClNOS/c1-16(6-11-5-10(14)8-18-11)13-3-2-9(7-17)4-12(13)15/h2-5,7-8H,6H2,1H3. The predicted molar refractivity (Wildman–Crippen MR) is 81.0 cm³/mol. The molecule has 0 radical (unpaired) electrons. The van der Waals surface area contributed by atoms with Crippen LogP contribution in [0.3, 0.4) is 0 Å².